The molecule has 0 radical (unpaired) electrons. The van der Waals surface area contributed by atoms with Gasteiger partial charge in [-0.25, -0.2) is 0 Å². The normalized spacial score (nSPS) is 16.0. The van der Waals surface area contributed by atoms with Gasteiger partial charge in [0.25, 0.3) is 0 Å². The highest BCUT2D eigenvalue weighted by atomic mass is 33.1. The van der Waals surface area contributed by atoms with Gasteiger partial charge in [0, 0.05) is 11.5 Å². The highest BCUT2D eigenvalue weighted by molar-refractivity contribution is 8.70. The minimum Gasteiger partial charge on any atom is -0.480 e. The molecule has 0 aliphatic carbocycles. The molecule has 10 heteroatoms. The molecule has 0 amide bonds. The largest absolute Gasteiger partial charge is 0.480 e. The number of rotatable bonds is 8. The highest BCUT2D eigenvalue weighted by Gasteiger charge is 2.19. The van der Waals surface area contributed by atoms with Crippen LogP contribution in [0.4, 0.5) is 0 Å². The number of hydrogen-bond acceptors (Lipinski definition) is 7. The number of nitrogens with two attached hydrogens (primary N) is 2. The smallest absolute Gasteiger partial charge is 0.323 e. The summed E-state index contributed by atoms with van der Waals surface area (Å²) in [5.41, 5.74) is 10.8. The Balaban J connectivity index is 4.20. The second-order valence-corrected chi connectivity index (χ2v) is 6.73. The van der Waals surface area contributed by atoms with E-state index in [1.807, 2.05) is 0 Å². The molecule has 106 valence electrons. The molecule has 0 bridgehead atoms. The summed E-state index contributed by atoms with van der Waals surface area (Å²) in [6.45, 7) is 1.87. The Bertz CT molecular complexity index is 326. The second-order valence-electron chi connectivity index (χ2n) is 3.16. The first-order valence-electron chi connectivity index (χ1n) is 5.02. The third-order valence-corrected chi connectivity index (χ3v) is 5.13. The van der Waals surface area contributed by atoms with Crippen LogP contribution in [0.15, 0.2) is 4.53 Å². The number of ether oxygens (including phenoxy) is 1. The van der Waals surface area contributed by atoms with E-state index in [0.29, 0.717) is 0 Å². The number of nitrogens with zero attached hydrogens (tertiary/aromatic N) is 1. The Morgan fingerprint density at radius 3 is 2.50 bits per heavy atom. The predicted octanol–water partition coefficient (Wildman–Crippen LogP) is -0.872. The van der Waals surface area contributed by atoms with Crippen LogP contribution in [0, 0.1) is 0 Å². The molecule has 3 atom stereocenters. The first-order chi connectivity index (χ1) is 8.42. The number of esters is 1. The molecule has 2 unspecified atom stereocenters. The number of carboxylic acids is 1. The van der Waals surface area contributed by atoms with Crippen molar-refractivity contribution in [1.82, 2.24) is 0 Å². The average molecular weight is 299 g/mol. The number of aliphatic carboxylic acids is 1. The maximum atomic E-state index is 11.2. The molecule has 0 fully saturated rings. The molecule has 0 spiro atoms. The van der Waals surface area contributed by atoms with Gasteiger partial charge in [0.2, 0.25) is 0 Å². The van der Waals surface area contributed by atoms with E-state index < -0.39 is 33.7 Å². The summed E-state index contributed by atoms with van der Waals surface area (Å²) in [4.78, 5) is 21.7. The molecule has 6 N–H and O–H groups in total. The number of carbonyl (C=O) groups excluding carboxylic acids is 1. The molecule has 0 aromatic carbocycles. The Morgan fingerprint density at radius 2 is 2.06 bits per heavy atom. The SMILES string of the molecule is CCOC(=O)[C@@H](N)CS(=NO)SCC(N)C(=O)O. The van der Waals surface area contributed by atoms with Crippen LogP contribution in [0.5, 0.6) is 0 Å². The zero-order chi connectivity index (χ0) is 14.1. The Kier molecular flexibility index (Phi) is 8.93. The van der Waals surface area contributed by atoms with Gasteiger partial charge >= 0.3 is 11.9 Å². The van der Waals surface area contributed by atoms with E-state index in [-0.39, 0.29) is 18.1 Å². The first-order valence-corrected chi connectivity index (χ1v) is 7.87. The van der Waals surface area contributed by atoms with Crippen molar-refractivity contribution in [3.63, 3.8) is 0 Å². The Morgan fingerprint density at radius 1 is 1.44 bits per heavy atom. The van der Waals surface area contributed by atoms with Crippen LogP contribution < -0.4 is 11.5 Å². The van der Waals surface area contributed by atoms with Gasteiger partial charge in [-0.2, -0.15) is 0 Å². The molecule has 0 aliphatic heterocycles. The minimum absolute atomic E-state index is 0.0675. The van der Waals surface area contributed by atoms with E-state index in [9.17, 15) is 9.59 Å². The van der Waals surface area contributed by atoms with E-state index in [0.717, 1.165) is 10.8 Å². The van der Waals surface area contributed by atoms with Crippen LogP contribution in [0.25, 0.3) is 0 Å². The molecule has 0 saturated carbocycles. The Labute approximate surface area is 111 Å². The van der Waals surface area contributed by atoms with E-state index in [2.05, 4.69) is 4.53 Å². The van der Waals surface area contributed by atoms with Crippen molar-refractivity contribution in [2.45, 2.75) is 19.0 Å². The summed E-state index contributed by atoms with van der Waals surface area (Å²) in [7, 11) is 0.0445. The summed E-state index contributed by atoms with van der Waals surface area (Å²) in [5.74, 6) is -1.58. The van der Waals surface area contributed by atoms with Crippen LogP contribution in [-0.2, 0) is 24.0 Å². The van der Waals surface area contributed by atoms with Crippen molar-refractivity contribution in [2.24, 2.45) is 16.0 Å². The second kappa shape index (κ2) is 9.28. The number of hydrogen-bond donors (Lipinski definition) is 4. The van der Waals surface area contributed by atoms with Gasteiger partial charge in [-0.05, 0) is 16.6 Å². The monoisotopic (exact) mass is 299 g/mol. The summed E-state index contributed by atoms with van der Waals surface area (Å²) in [6.07, 6.45) is 0. The van der Waals surface area contributed by atoms with Crippen LogP contribution in [0.1, 0.15) is 6.92 Å². The maximum Gasteiger partial charge on any atom is 0.323 e. The number of carboxylic acid groups (broad SMARTS) is 1. The standard InChI is InChI=1S/C8H17N3O5S2/c1-2-16-8(14)6(10)4-18(11-15)17-3-5(9)7(12)13/h5-6,15H,2-4,9-10H2,1H3,(H,12,13)/t5?,6-,18?/m0/s1. The van der Waals surface area contributed by atoms with Crippen LogP contribution >= 0.6 is 10.8 Å². The van der Waals surface area contributed by atoms with E-state index in [1.54, 1.807) is 6.92 Å². The van der Waals surface area contributed by atoms with Gasteiger partial charge in [-0.15, -0.1) is 4.53 Å². The van der Waals surface area contributed by atoms with Crippen LogP contribution in [-0.4, -0.2) is 52.4 Å². The lowest BCUT2D eigenvalue weighted by Gasteiger charge is -2.12. The average Bonchev–Trinajstić information content (AvgIpc) is 2.33. The van der Waals surface area contributed by atoms with Crippen LogP contribution in [0.2, 0.25) is 0 Å². The third kappa shape index (κ3) is 6.91. The zero-order valence-corrected chi connectivity index (χ0v) is 11.4. The zero-order valence-electron chi connectivity index (χ0n) is 9.81. The third-order valence-electron chi connectivity index (χ3n) is 1.70. The van der Waals surface area contributed by atoms with Gasteiger partial charge in [-0.3, -0.25) is 14.8 Å². The molecule has 0 aromatic rings. The van der Waals surface area contributed by atoms with Crippen LogP contribution in [0.3, 0.4) is 0 Å². The quantitative estimate of drug-likeness (QED) is 0.257. The van der Waals surface area contributed by atoms with E-state index in [4.69, 9.17) is 26.5 Å². The first kappa shape index (κ1) is 17.3. The van der Waals surface area contributed by atoms with Crippen molar-refractivity contribution in [3.05, 3.63) is 0 Å². The van der Waals surface area contributed by atoms with E-state index >= 15 is 0 Å². The molecule has 0 saturated heterocycles. The summed E-state index contributed by atoms with van der Waals surface area (Å²) in [6, 6.07) is -1.96. The van der Waals surface area contributed by atoms with E-state index in [1.165, 1.54) is 0 Å². The predicted molar refractivity (Wildman–Crippen MR) is 69.1 cm³/mol. The van der Waals surface area contributed by atoms with Crippen molar-refractivity contribution >= 4 is 32.5 Å². The van der Waals surface area contributed by atoms with Gasteiger partial charge in [0.05, 0.1) is 6.61 Å². The summed E-state index contributed by atoms with van der Waals surface area (Å²) in [5, 5.41) is 17.3. The van der Waals surface area contributed by atoms with Gasteiger partial charge in [-0.1, -0.05) is 10.8 Å². The summed E-state index contributed by atoms with van der Waals surface area (Å²) < 4.78 is 7.76. The lowest BCUT2D eigenvalue weighted by atomic mass is 10.4. The minimum atomic E-state index is -1.14. The lowest BCUT2D eigenvalue weighted by molar-refractivity contribution is -0.144. The lowest BCUT2D eigenvalue weighted by Crippen LogP contribution is -2.37. The molecule has 0 aliphatic rings. The Hall–Kier alpha value is -0.680. The summed E-state index contributed by atoms with van der Waals surface area (Å²) >= 11 is 0. The molecule has 18 heavy (non-hydrogen) atoms. The van der Waals surface area contributed by atoms with Gasteiger partial charge in [0.1, 0.15) is 12.1 Å². The fourth-order valence-electron chi connectivity index (χ4n) is 0.799. The maximum absolute atomic E-state index is 11.2. The highest BCUT2D eigenvalue weighted by Crippen LogP contribution is 2.13. The molecular formula is C8H17N3O5S2. The van der Waals surface area contributed by atoms with Crippen molar-refractivity contribution in [2.75, 3.05) is 18.1 Å². The molecule has 8 nitrogen and oxygen atoms in total. The molecule has 0 rings (SSSR count). The molecule has 0 heterocycles. The van der Waals surface area contributed by atoms with Crippen molar-refractivity contribution < 1.29 is 24.6 Å². The fraction of sp³-hybridized carbons (Fsp3) is 0.750. The topological polar surface area (TPSA) is 148 Å². The van der Waals surface area contributed by atoms with Crippen molar-refractivity contribution in [1.29, 1.82) is 0 Å². The van der Waals surface area contributed by atoms with Gasteiger partial charge < -0.3 is 21.3 Å². The molecule has 0 aromatic heterocycles. The molecular weight excluding hydrogens is 282 g/mol. The van der Waals surface area contributed by atoms with Gasteiger partial charge in [0.15, 0.2) is 0 Å². The number of carbonyl (C=O) groups is 2. The van der Waals surface area contributed by atoms with Crippen molar-refractivity contribution in [3.8, 4) is 0 Å². The fourth-order valence-corrected chi connectivity index (χ4v) is 3.68.